The molecule has 0 aromatic carbocycles. The Bertz CT molecular complexity index is 143. The Morgan fingerprint density at radius 1 is 1.58 bits per heavy atom. The molecule has 1 saturated heterocycles. The summed E-state index contributed by atoms with van der Waals surface area (Å²) in [5, 5.41) is 3.09. The molecule has 0 aromatic rings. The van der Waals surface area contributed by atoms with Crippen LogP contribution in [-0.4, -0.2) is 25.5 Å². The summed E-state index contributed by atoms with van der Waals surface area (Å²) in [6, 6.07) is 0. The van der Waals surface area contributed by atoms with Crippen LogP contribution in [0.5, 0.6) is 0 Å². The van der Waals surface area contributed by atoms with E-state index < -0.39 is 6.16 Å². The van der Waals surface area contributed by atoms with Crippen LogP contribution < -0.4 is 5.32 Å². The molecule has 4 nitrogen and oxygen atoms in total. The average Bonchev–Trinajstić information content (AvgIpc) is 2.06. The molecular formula is C8H15NO3. The van der Waals surface area contributed by atoms with Crippen LogP contribution in [-0.2, 0) is 9.47 Å². The highest BCUT2D eigenvalue weighted by Crippen LogP contribution is 2.08. The van der Waals surface area contributed by atoms with E-state index in [1.807, 2.05) is 0 Å². The number of ether oxygens (including phenoxy) is 2. The highest BCUT2D eigenvalue weighted by atomic mass is 16.7. The predicted octanol–water partition coefficient (Wildman–Crippen LogP) is 1.26. The van der Waals surface area contributed by atoms with Crippen molar-refractivity contribution >= 4 is 6.16 Å². The zero-order valence-electron chi connectivity index (χ0n) is 7.34. The first kappa shape index (κ1) is 9.32. The Balaban J connectivity index is 2.15. The highest BCUT2D eigenvalue weighted by Gasteiger charge is 2.16. The van der Waals surface area contributed by atoms with Crippen molar-refractivity contribution in [1.82, 2.24) is 5.32 Å². The SMILES string of the molecule is CCOC(=O)O[C@@H]1CCCCN1. The summed E-state index contributed by atoms with van der Waals surface area (Å²) in [5.74, 6) is 0. The second kappa shape index (κ2) is 4.98. The van der Waals surface area contributed by atoms with Gasteiger partial charge in [-0.05, 0) is 32.7 Å². The highest BCUT2D eigenvalue weighted by molar-refractivity contribution is 5.59. The molecule has 70 valence electrons. The number of nitrogens with one attached hydrogen (secondary N) is 1. The Hall–Kier alpha value is -0.770. The molecule has 0 radical (unpaired) electrons. The van der Waals surface area contributed by atoms with Crippen molar-refractivity contribution in [2.24, 2.45) is 0 Å². The zero-order valence-corrected chi connectivity index (χ0v) is 7.34. The standard InChI is InChI=1S/C8H15NO3/c1-2-11-8(10)12-7-5-3-4-6-9-7/h7,9H,2-6H2,1H3/t7-/m1/s1. The van der Waals surface area contributed by atoms with Gasteiger partial charge in [-0.3, -0.25) is 5.32 Å². The maximum Gasteiger partial charge on any atom is 0.509 e. The monoisotopic (exact) mass is 173 g/mol. The van der Waals surface area contributed by atoms with Crippen LogP contribution in [0.1, 0.15) is 26.2 Å². The third-order valence-electron chi connectivity index (χ3n) is 1.77. The topological polar surface area (TPSA) is 47.6 Å². The average molecular weight is 173 g/mol. The van der Waals surface area contributed by atoms with Gasteiger partial charge in [0.05, 0.1) is 6.61 Å². The number of piperidine rings is 1. The van der Waals surface area contributed by atoms with Gasteiger partial charge in [-0.2, -0.15) is 0 Å². The largest absolute Gasteiger partial charge is 0.509 e. The molecule has 1 N–H and O–H groups in total. The smallest absolute Gasteiger partial charge is 0.435 e. The number of hydrogen-bond donors (Lipinski definition) is 1. The molecule has 1 atom stereocenters. The van der Waals surface area contributed by atoms with Gasteiger partial charge in [0.25, 0.3) is 0 Å². The van der Waals surface area contributed by atoms with E-state index in [1.54, 1.807) is 6.92 Å². The lowest BCUT2D eigenvalue weighted by Gasteiger charge is -2.22. The quantitative estimate of drug-likeness (QED) is 0.638. The van der Waals surface area contributed by atoms with Crippen LogP contribution >= 0.6 is 0 Å². The first-order valence-corrected chi connectivity index (χ1v) is 4.39. The van der Waals surface area contributed by atoms with Gasteiger partial charge in [0, 0.05) is 0 Å². The fraction of sp³-hybridized carbons (Fsp3) is 0.875. The first-order valence-electron chi connectivity index (χ1n) is 4.39. The summed E-state index contributed by atoms with van der Waals surface area (Å²) in [4.78, 5) is 10.8. The molecule has 0 spiro atoms. The summed E-state index contributed by atoms with van der Waals surface area (Å²) in [5.41, 5.74) is 0. The van der Waals surface area contributed by atoms with Crippen LogP contribution in [0.25, 0.3) is 0 Å². The normalized spacial score (nSPS) is 23.2. The molecule has 0 amide bonds. The Morgan fingerprint density at radius 2 is 2.42 bits per heavy atom. The van der Waals surface area contributed by atoms with Gasteiger partial charge in [-0.25, -0.2) is 4.79 Å². The predicted molar refractivity (Wildman–Crippen MR) is 43.7 cm³/mol. The van der Waals surface area contributed by atoms with Crippen LogP contribution in [0.4, 0.5) is 4.79 Å². The molecule has 1 rings (SSSR count). The van der Waals surface area contributed by atoms with Crippen molar-refractivity contribution in [3.05, 3.63) is 0 Å². The lowest BCUT2D eigenvalue weighted by molar-refractivity contribution is 0.00458. The van der Waals surface area contributed by atoms with E-state index >= 15 is 0 Å². The van der Waals surface area contributed by atoms with E-state index in [2.05, 4.69) is 10.1 Å². The summed E-state index contributed by atoms with van der Waals surface area (Å²) in [6.45, 7) is 3.05. The Morgan fingerprint density at radius 3 is 3.00 bits per heavy atom. The minimum Gasteiger partial charge on any atom is -0.435 e. The maximum absolute atomic E-state index is 10.8. The van der Waals surface area contributed by atoms with Gasteiger partial charge in [0.1, 0.15) is 0 Å². The van der Waals surface area contributed by atoms with Crippen molar-refractivity contribution in [1.29, 1.82) is 0 Å². The molecule has 0 aliphatic carbocycles. The number of hydrogen-bond acceptors (Lipinski definition) is 4. The molecule has 1 heterocycles. The van der Waals surface area contributed by atoms with Crippen molar-refractivity contribution in [2.75, 3.05) is 13.2 Å². The third-order valence-corrected chi connectivity index (χ3v) is 1.77. The molecule has 0 unspecified atom stereocenters. The number of carbonyl (C=O) groups is 1. The molecule has 1 aliphatic heterocycles. The van der Waals surface area contributed by atoms with Crippen molar-refractivity contribution in [3.8, 4) is 0 Å². The maximum atomic E-state index is 10.8. The lowest BCUT2D eigenvalue weighted by atomic mass is 10.1. The van der Waals surface area contributed by atoms with Gasteiger partial charge in [0.15, 0.2) is 6.23 Å². The molecule has 0 saturated carbocycles. The van der Waals surface area contributed by atoms with Gasteiger partial charge >= 0.3 is 6.16 Å². The Labute approximate surface area is 72.2 Å². The van der Waals surface area contributed by atoms with Crippen molar-refractivity contribution in [3.63, 3.8) is 0 Å². The van der Waals surface area contributed by atoms with Gasteiger partial charge in [0.2, 0.25) is 0 Å². The third kappa shape index (κ3) is 3.09. The minimum absolute atomic E-state index is 0.141. The molecule has 1 fully saturated rings. The van der Waals surface area contributed by atoms with Crippen LogP contribution in [0.2, 0.25) is 0 Å². The molecule has 4 heteroatoms. The molecule has 0 aromatic heterocycles. The van der Waals surface area contributed by atoms with E-state index in [4.69, 9.17) is 4.74 Å². The zero-order chi connectivity index (χ0) is 8.81. The molecule has 0 bridgehead atoms. The van der Waals surface area contributed by atoms with E-state index in [1.165, 1.54) is 0 Å². The summed E-state index contributed by atoms with van der Waals surface area (Å²) in [6.07, 6.45) is 2.44. The second-order valence-corrected chi connectivity index (χ2v) is 2.74. The molecule has 1 aliphatic rings. The summed E-state index contributed by atoms with van der Waals surface area (Å²) >= 11 is 0. The van der Waals surface area contributed by atoms with Gasteiger partial charge < -0.3 is 9.47 Å². The van der Waals surface area contributed by atoms with Crippen molar-refractivity contribution in [2.45, 2.75) is 32.4 Å². The van der Waals surface area contributed by atoms with Crippen molar-refractivity contribution < 1.29 is 14.3 Å². The second-order valence-electron chi connectivity index (χ2n) is 2.74. The summed E-state index contributed by atoms with van der Waals surface area (Å²) < 4.78 is 9.60. The number of carbonyl (C=O) groups excluding carboxylic acids is 1. The fourth-order valence-electron chi connectivity index (χ4n) is 1.19. The molecular weight excluding hydrogens is 158 g/mol. The Kier molecular flexibility index (Phi) is 3.87. The van der Waals surface area contributed by atoms with E-state index in [9.17, 15) is 4.79 Å². The first-order chi connectivity index (χ1) is 5.83. The van der Waals surface area contributed by atoms with E-state index in [0.717, 1.165) is 25.8 Å². The van der Waals surface area contributed by atoms with E-state index in [-0.39, 0.29) is 6.23 Å². The molecule has 12 heavy (non-hydrogen) atoms. The van der Waals surface area contributed by atoms with Crippen LogP contribution in [0, 0.1) is 0 Å². The number of rotatable bonds is 2. The lowest BCUT2D eigenvalue weighted by Crippen LogP contribution is -2.37. The summed E-state index contributed by atoms with van der Waals surface area (Å²) in [7, 11) is 0. The fourth-order valence-corrected chi connectivity index (χ4v) is 1.19. The van der Waals surface area contributed by atoms with Gasteiger partial charge in [-0.1, -0.05) is 0 Å². The van der Waals surface area contributed by atoms with Crippen LogP contribution in [0.15, 0.2) is 0 Å². The van der Waals surface area contributed by atoms with Gasteiger partial charge in [-0.15, -0.1) is 0 Å². The van der Waals surface area contributed by atoms with E-state index in [0.29, 0.717) is 6.61 Å². The minimum atomic E-state index is -0.572. The van der Waals surface area contributed by atoms with Crippen LogP contribution in [0.3, 0.4) is 0 Å².